The summed E-state index contributed by atoms with van der Waals surface area (Å²) >= 11 is 0. The summed E-state index contributed by atoms with van der Waals surface area (Å²) in [6.45, 7) is 6.26. The van der Waals surface area contributed by atoms with Crippen LogP contribution in [0.4, 0.5) is 4.79 Å². The second-order valence-electron chi connectivity index (χ2n) is 5.13. The van der Waals surface area contributed by atoms with Crippen molar-refractivity contribution in [2.45, 2.75) is 38.8 Å². The molecule has 0 bridgehead atoms. The minimum Gasteiger partial charge on any atom is -0.379 e. The van der Waals surface area contributed by atoms with Crippen LogP contribution in [-0.4, -0.2) is 49.8 Å². The van der Waals surface area contributed by atoms with Gasteiger partial charge in [-0.25, -0.2) is 4.79 Å². The summed E-state index contributed by atoms with van der Waals surface area (Å²) in [5.74, 6) is 0.453. The minimum absolute atomic E-state index is 0.0311. The molecule has 5 heteroatoms. The molecule has 2 atom stereocenters. The topological polar surface area (TPSA) is 67.6 Å². The normalized spacial score (nSPS) is 21.6. The first-order chi connectivity index (χ1) is 8.00. The van der Waals surface area contributed by atoms with Crippen LogP contribution < -0.4 is 11.1 Å². The first-order valence-corrected chi connectivity index (χ1v) is 6.35. The summed E-state index contributed by atoms with van der Waals surface area (Å²) < 4.78 is 5.21. The molecule has 1 aliphatic heterocycles. The lowest BCUT2D eigenvalue weighted by molar-refractivity contribution is 0.181. The van der Waals surface area contributed by atoms with Gasteiger partial charge in [0.15, 0.2) is 0 Å². The number of amides is 2. The van der Waals surface area contributed by atoms with E-state index in [4.69, 9.17) is 10.5 Å². The summed E-state index contributed by atoms with van der Waals surface area (Å²) in [6, 6.07) is 0.292. The van der Waals surface area contributed by atoms with Gasteiger partial charge < -0.3 is 20.7 Å². The van der Waals surface area contributed by atoms with Gasteiger partial charge in [0.05, 0.1) is 12.6 Å². The number of hydrogen-bond acceptors (Lipinski definition) is 3. The van der Waals surface area contributed by atoms with Crippen LogP contribution >= 0.6 is 0 Å². The van der Waals surface area contributed by atoms with Crippen LogP contribution in [0.5, 0.6) is 0 Å². The van der Waals surface area contributed by atoms with Crippen molar-refractivity contribution >= 4 is 6.03 Å². The average molecular weight is 243 g/mol. The lowest BCUT2D eigenvalue weighted by atomic mass is 10.0. The minimum atomic E-state index is -0.0311. The summed E-state index contributed by atoms with van der Waals surface area (Å²) in [5.41, 5.74) is 5.95. The SMILES string of the molecule is CC(C)C(N)CCN(C)C(=O)NC1CCOC1. The second-order valence-corrected chi connectivity index (χ2v) is 5.13. The van der Waals surface area contributed by atoms with Gasteiger partial charge in [0.2, 0.25) is 0 Å². The van der Waals surface area contributed by atoms with E-state index in [1.165, 1.54) is 0 Å². The van der Waals surface area contributed by atoms with E-state index in [0.29, 0.717) is 19.1 Å². The fraction of sp³-hybridized carbons (Fsp3) is 0.917. The Morgan fingerprint density at radius 3 is 2.82 bits per heavy atom. The van der Waals surface area contributed by atoms with Crippen molar-refractivity contribution in [1.82, 2.24) is 10.2 Å². The fourth-order valence-corrected chi connectivity index (χ4v) is 1.71. The molecule has 0 aromatic carbocycles. The molecular weight excluding hydrogens is 218 g/mol. The molecule has 0 aliphatic carbocycles. The van der Waals surface area contributed by atoms with E-state index in [2.05, 4.69) is 19.2 Å². The third-order valence-corrected chi connectivity index (χ3v) is 3.26. The van der Waals surface area contributed by atoms with Crippen molar-refractivity contribution in [2.24, 2.45) is 11.7 Å². The molecule has 0 aromatic rings. The van der Waals surface area contributed by atoms with Crippen LogP contribution in [0.15, 0.2) is 0 Å². The first-order valence-electron chi connectivity index (χ1n) is 6.35. The summed E-state index contributed by atoms with van der Waals surface area (Å²) in [4.78, 5) is 13.5. The molecule has 2 amide bonds. The average Bonchev–Trinajstić information content (AvgIpc) is 2.77. The molecule has 3 N–H and O–H groups in total. The highest BCUT2D eigenvalue weighted by Crippen LogP contribution is 2.06. The molecule has 0 spiro atoms. The maximum atomic E-state index is 11.8. The van der Waals surface area contributed by atoms with Crippen molar-refractivity contribution in [3.05, 3.63) is 0 Å². The highest BCUT2D eigenvalue weighted by molar-refractivity contribution is 5.74. The monoisotopic (exact) mass is 243 g/mol. The van der Waals surface area contributed by atoms with Gasteiger partial charge >= 0.3 is 6.03 Å². The van der Waals surface area contributed by atoms with Crippen molar-refractivity contribution in [1.29, 1.82) is 0 Å². The van der Waals surface area contributed by atoms with E-state index in [1.807, 2.05) is 0 Å². The number of ether oxygens (including phenoxy) is 1. The number of nitrogens with two attached hydrogens (primary N) is 1. The number of carbonyl (C=O) groups is 1. The van der Waals surface area contributed by atoms with Gasteiger partial charge in [-0.3, -0.25) is 0 Å². The first kappa shape index (κ1) is 14.3. The Balaban J connectivity index is 2.21. The Bertz CT molecular complexity index is 240. The van der Waals surface area contributed by atoms with Crippen LogP contribution in [0.25, 0.3) is 0 Å². The van der Waals surface area contributed by atoms with Crippen LogP contribution in [0.3, 0.4) is 0 Å². The molecule has 1 heterocycles. The largest absolute Gasteiger partial charge is 0.379 e. The van der Waals surface area contributed by atoms with E-state index in [0.717, 1.165) is 19.4 Å². The highest BCUT2D eigenvalue weighted by atomic mass is 16.5. The van der Waals surface area contributed by atoms with Gasteiger partial charge in [-0.15, -0.1) is 0 Å². The molecule has 5 nitrogen and oxygen atoms in total. The van der Waals surface area contributed by atoms with Gasteiger partial charge in [-0.05, 0) is 18.8 Å². The predicted molar refractivity (Wildman–Crippen MR) is 67.8 cm³/mol. The lowest BCUT2D eigenvalue weighted by Gasteiger charge is -2.23. The molecule has 1 aliphatic rings. The van der Waals surface area contributed by atoms with Crippen LogP contribution in [0, 0.1) is 5.92 Å². The Labute approximate surface area is 104 Å². The molecular formula is C12H25N3O2. The number of nitrogens with one attached hydrogen (secondary N) is 1. The van der Waals surface area contributed by atoms with Gasteiger partial charge in [0.25, 0.3) is 0 Å². The number of rotatable bonds is 5. The molecule has 100 valence electrons. The molecule has 0 radical (unpaired) electrons. The Morgan fingerprint density at radius 2 is 2.29 bits per heavy atom. The van der Waals surface area contributed by atoms with Gasteiger partial charge in [0, 0.05) is 26.2 Å². The molecule has 0 aromatic heterocycles. The van der Waals surface area contributed by atoms with E-state index in [1.54, 1.807) is 11.9 Å². The smallest absolute Gasteiger partial charge is 0.317 e. The quantitative estimate of drug-likeness (QED) is 0.750. The van der Waals surface area contributed by atoms with Crippen molar-refractivity contribution < 1.29 is 9.53 Å². The van der Waals surface area contributed by atoms with E-state index >= 15 is 0 Å². The number of hydrogen-bond donors (Lipinski definition) is 2. The van der Waals surface area contributed by atoms with Gasteiger partial charge in [-0.2, -0.15) is 0 Å². The molecule has 0 saturated carbocycles. The molecule has 2 unspecified atom stereocenters. The van der Waals surface area contributed by atoms with Crippen LogP contribution in [0.1, 0.15) is 26.7 Å². The van der Waals surface area contributed by atoms with Crippen molar-refractivity contribution in [3.8, 4) is 0 Å². The standard InChI is InChI=1S/C12H25N3O2/c1-9(2)11(13)4-6-15(3)12(16)14-10-5-7-17-8-10/h9-11H,4-8,13H2,1-3H3,(H,14,16). The zero-order valence-corrected chi connectivity index (χ0v) is 11.1. The number of urea groups is 1. The summed E-state index contributed by atoms with van der Waals surface area (Å²) in [6.07, 6.45) is 1.74. The third kappa shape index (κ3) is 4.91. The van der Waals surface area contributed by atoms with Crippen molar-refractivity contribution in [2.75, 3.05) is 26.8 Å². The van der Waals surface area contributed by atoms with Gasteiger partial charge in [-0.1, -0.05) is 13.8 Å². The molecule has 1 fully saturated rings. The zero-order valence-electron chi connectivity index (χ0n) is 11.1. The predicted octanol–water partition coefficient (Wildman–Crippen LogP) is 0.790. The summed E-state index contributed by atoms with van der Waals surface area (Å²) in [7, 11) is 1.80. The summed E-state index contributed by atoms with van der Waals surface area (Å²) in [5, 5.41) is 2.95. The maximum Gasteiger partial charge on any atom is 0.317 e. The van der Waals surface area contributed by atoms with E-state index in [-0.39, 0.29) is 18.1 Å². The highest BCUT2D eigenvalue weighted by Gasteiger charge is 2.20. The fourth-order valence-electron chi connectivity index (χ4n) is 1.71. The Hall–Kier alpha value is -0.810. The van der Waals surface area contributed by atoms with E-state index in [9.17, 15) is 4.79 Å². The Kier molecular flexibility index (Phi) is 5.71. The van der Waals surface area contributed by atoms with Crippen molar-refractivity contribution in [3.63, 3.8) is 0 Å². The number of nitrogens with zero attached hydrogens (tertiary/aromatic N) is 1. The van der Waals surface area contributed by atoms with Gasteiger partial charge in [0.1, 0.15) is 0 Å². The Morgan fingerprint density at radius 1 is 1.59 bits per heavy atom. The number of carbonyl (C=O) groups excluding carboxylic acids is 1. The molecule has 1 saturated heterocycles. The zero-order chi connectivity index (χ0) is 12.8. The molecule has 1 rings (SSSR count). The third-order valence-electron chi connectivity index (χ3n) is 3.26. The van der Waals surface area contributed by atoms with Crippen LogP contribution in [-0.2, 0) is 4.74 Å². The molecule has 17 heavy (non-hydrogen) atoms. The lowest BCUT2D eigenvalue weighted by Crippen LogP contribution is -2.44. The van der Waals surface area contributed by atoms with Crippen LogP contribution in [0.2, 0.25) is 0 Å². The maximum absolute atomic E-state index is 11.8. The van der Waals surface area contributed by atoms with E-state index < -0.39 is 0 Å². The second kappa shape index (κ2) is 6.81.